The highest BCUT2D eigenvalue weighted by molar-refractivity contribution is 5.70. The van der Waals surface area contributed by atoms with Crippen molar-refractivity contribution in [3.8, 4) is 22.6 Å². The highest BCUT2D eigenvalue weighted by Gasteiger charge is 2.21. The molecular formula is C18H19NO4. The lowest BCUT2D eigenvalue weighted by Crippen LogP contribution is -2.23. The van der Waals surface area contributed by atoms with Crippen molar-refractivity contribution in [1.29, 1.82) is 0 Å². The van der Waals surface area contributed by atoms with Crippen LogP contribution in [0.1, 0.15) is 5.56 Å². The first-order valence-electron chi connectivity index (χ1n) is 7.44. The number of ether oxygens (including phenoxy) is 3. The Balaban J connectivity index is 1.86. The van der Waals surface area contributed by atoms with E-state index in [4.69, 9.17) is 14.2 Å². The average Bonchev–Trinajstić information content (AvgIpc) is 2.99. The van der Waals surface area contributed by atoms with Gasteiger partial charge in [-0.25, -0.2) is 4.79 Å². The Morgan fingerprint density at radius 3 is 2.52 bits per heavy atom. The van der Waals surface area contributed by atoms with E-state index in [-0.39, 0.29) is 6.09 Å². The van der Waals surface area contributed by atoms with Crippen LogP contribution in [0.15, 0.2) is 42.5 Å². The normalized spacial score (nSPS) is 13.8. The quantitative estimate of drug-likeness (QED) is 0.849. The molecule has 5 heteroatoms. The van der Waals surface area contributed by atoms with Crippen LogP contribution in [-0.4, -0.2) is 38.4 Å². The van der Waals surface area contributed by atoms with Crippen LogP contribution in [0.4, 0.5) is 4.79 Å². The summed E-state index contributed by atoms with van der Waals surface area (Å²) in [5.41, 5.74) is 3.17. The fraction of sp³-hybridized carbons (Fsp3) is 0.278. The van der Waals surface area contributed by atoms with Crippen molar-refractivity contribution in [3.63, 3.8) is 0 Å². The molecule has 1 aliphatic rings. The van der Waals surface area contributed by atoms with Gasteiger partial charge in [0.25, 0.3) is 0 Å². The SMILES string of the molecule is COc1ccc(-c2cccc(CN3CCOC3=O)c2)cc1OC. The molecular weight excluding hydrogens is 294 g/mol. The molecule has 0 atom stereocenters. The van der Waals surface area contributed by atoms with Gasteiger partial charge < -0.3 is 19.1 Å². The highest BCUT2D eigenvalue weighted by Crippen LogP contribution is 2.32. The number of cyclic esters (lactones) is 1. The Morgan fingerprint density at radius 2 is 1.83 bits per heavy atom. The van der Waals surface area contributed by atoms with Gasteiger partial charge in [0.1, 0.15) is 6.61 Å². The number of rotatable bonds is 5. The minimum absolute atomic E-state index is 0.249. The third-order valence-electron chi connectivity index (χ3n) is 3.86. The topological polar surface area (TPSA) is 48.0 Å². The van der Waals surface area contributed by atoms with Crippen molar-refractivity contribution >= 4 is 6.09 Å². The third-order valence-corrected chi connectivity index (χ3v) is 3.86. The first-order valence-corrected chi connectivity index (χ1v) is 7.44. The van der Waals surface area contributed by atoms with E-state index in [1.165, 1.54) is 0 Å². The summed E-state index contributed by atoms with van der Waals surface area (Å²) in [6.07, 6.45) is -0.249. The minimum atomic E-state index is -0.249. The molecule has 1 amide bonds. The molecule has 0 bridgehead atoms. The molecule has 23 heavy (non-hydrogen) atoms. The maximum absolute atomic E-state index is 11.6. The van der Waals surface area contributed by atoms with E-state index >= 15 is 0 Å². The zero-order valence-corrected chi connectivity index (χ0v) is 13.2. The molecule has 0 aromatic heterocycles. The maximum Gasteiger partial charge on any atom is 0.410 e. The average molecular weight is 313 g/mol. The van der Waals surface area contributed by atoms with Crippen LogP contribution in [-0.2, 0) is 11.3 Å². The fourth-order valence-corrected chi connectivity index (χ4v) is 2.65. The van der Waals surface area contributed by atoms with Crippen LogP contribution in [0.3, 0.4) is 0 Å². The second-order valence-corrected chi connectivity index (χ2v) is 5.31. The van der Waals surface area contributed by atoms with Gasteiger partial charge in [0.05, 0.1) is 20.8 Å². The van der Waals surface area contributed by atoms with E-state index in [0.717, 1.165) is 16.7 Å². The fourth-order valence-electron chi connectivity index (χ4n) is 2.65. The van der Waals surface area contributed by atoms with Crippen LogP contribution >= 0.6 is 0 Å². The van der Waals surface area contributed by atoms with Crippen LogP contribution in [0, 0.1) is 0 Å². The molecule has 1 saturated heterocycles. The predicted molar refractivity (Wildman–Crippen MR) is 86.7 cm³/mol. The lowest BCUT2D eigenvalue weighted by molar-refractivity contribution is 0.157. The van der Waals surface area contributed by atoms with Gasteiger partial charge in [-0.3, -0.25) is 0 Å². The molecule has 0 radical (unpaired) electrons. The maximum atomic E-state index is 11.6. The van der Waals surface area contributed by atoms with Crippen molar-refractivity contribution in [2.45, 2.75) is 6.54 Å². The molecule has 2 aromatic rings. The predicted octanol–water partition coefficient (Wildman–Crippen LogP) is 3.32. The monoisotopic (exact) mass is 313 g/mol. The molecule has 0 spiro atoms. The van der Waals surface area contributed by atoms with Gasteiger partial charge in [0, 0.05) is 6.54 Å². The summed E-state index contributed by atoms with van der Waals surface area (Å²) in [7, 11) is 3.24. The summed E-state index contributed by atoms with van der Waals surface area (Å²) in [5.74, 6) is 1.39. The number of nitrogens with zero attached hydrogens (tertiary/aromatic N) is 1. The second kappa shape index (κ2) is 6.60. The van der Waals surface area contributed by atoms with Crippen LogP contribution in [0.5, 0.6) is 11.5 Å². The smallest absolute Gasteiger partial charge is 0.410 e. The van der Waals surface area contributed by atoms with Gasteiger partial charge in [-0.15, -0.1) is 0 Å². The van der Waals surface area contributed by atoms with E-state index in [9.17, 15) is 4.79 Å². The molecule has 2 aromatic carbocycles. The zero-order chi connectivity index (χ0) is 16.2. The number of carbonyl (C=O) groups excluding carboxylic acids is 1. The molecule has 1 aliphatic heterocycles. The number of hydrogen-bond acceptors (Lipinski definition) is 4. The van der Waals surface area contributed by atoms with E-state index in [2.05, 4.69) is 6.07 Å². The van der Waals surface area contributed by atoms with Crippen molar-refractivity contribution < 1.29 is 19.0 Å². The second-order valence-electron chi connectivity index (χ2n) is 5.31. The highest BCUT2D eigenvalue weighted by atomic mass is 16.6. The Labute approximate surface area is 135 Å². The molecule has 0 saturated carbocycles. The summed E-state index contributed by atoms with van der Waals surface area (Å²) in [6, 6.07) is 13.9. The number of methoxy groups -OCH3 is 2. The van der Waals surface area contributed by atoms with Crippen LogP contribution in [0.2, 0.25) is 0 Å². The summed E-state index contributed by atoms with van der Waals surface area (Å²) in [5, 5.41) is 0. The molecule has 3 rings (SSSR count). The summed E-state index contributed by atoms with van der Waals surface area (Å²) in [6.45, 7) is 1.66. The Bertz CT molecular complexity index is 714. The van der Waals surface area contributed by atoms with Gasteiger partial charge in [-0.1, -0.05) is 24.3 Å². The van der Waals surface area contributed by atoms with Crippen molar-refractivity contribution in [3.05, 3.63) is 48.0 Å². The van der Waals surface area contributed by atoms with Crippen LogP contribution < -0.4 is 9.47 Å². The Morgan fingerprint density at radius 1 is 1.04 bits per heavy atom. The van der Waals surface area contributed by atoms with Crippen molar-refractivity contribution in [1.82, 2.24) is 4.90 Å². The molecule has 120 valence electrons. The van der Waals surface area contributed by atoms with Gasteiger partial charge in [0.15, 0.2) is 11.5 Å². The summed E-state index contributed by atoms with van der Waals surface area (Å²) in [4.78, 5) is 13.3. The first-order chi connectivity index (χ1) is 11.2. The largest absolute Gasteiger partial charge is 0.493 e. The molecule has 0 N–H and O–H groups in total. The van der Waals surface area contributed by atoms with Crippen LogP contribution in [0.25, 0.3) is 11.1 Å². The standard InChI is InChI=1S/C18H19NO4/c1-21-16-7-6-15(11-17(16)22-2)14-5-3-4-13(10-14)12-19-8-9-23-18(19)20/h3-7,10-11H,8-9,12H2,1-2H3. The molecule has 1 heterocycles. The van der Waals surface area contributed by atoms with Gasteiger partial charge in [0.2, 0.25) is 0 Å². The van der Waals surface area contributed by atoms with Gasteiger partial charge in [-0.2, -0.15) is 0 Å². The van der Waals surface area contributed by atoms with Gasteiger partial charge in [-0.05, 0) is 34.9 Å². The number of carbonyl (C=O) groups is 1. The van der Waals surface area contributed by atoms with Gasteiger partial charge >= 0.3 is 6.09 Å². The summed E-state index contributed by atoms with van der Waals surface area (Å²) >= 11 is 0. The number of amides is 1. The van der Waals surface area contributed by atoms with E-state index in [1.807, 2.05) is 36.4 Å². The first kappa shape index (κ1) is 15.2. The summed E-state index contributed by atoms with van der Waals surface area (Å²) < 4.78 is 15.6. The third kappa shape index (κ3) is 3.23. The van der Waals surface area contributed by atoms with Crippen molar-refractivity contribution in [2.24, 2.45) is 0 Å². The lowest BCUT2D eigenvalue weighted by Gasteiger charge is -2.14. The minimum Gasteiger partial charge on any atom is -0.493 e. The molecule has 5 nitrogen and oxygen atoms in total. The Hall–Kier alpha value is -2.69. The van der Waals surface area contributed by atoms with Crippen molar-refractivity contribution in [2.75, 3.05) is 27.4 Å². The molecule has 0 aliphatic carbocycles. The lowest BCUT2D eigenvalue weighted by atomic mass is 10.0. The molecule has 0 unspecified atom stereocenters. The zero-order valence-electron chi connectivity index (χ0n) is 13.2. The number of benzene rings is 2. The molecule has 1 fully saturated rings. The van der Waals surface area contributed by atoms with E-state index in [1.54, 1.807) is 19.1 Å². The van der Waals surface area contributed by atoms with E-state index < -0.39 is 0 Å². The van der Waals surface area contributed by atoms with E-state index in [0.29, 0.717) is 31.2 Å². The number of hydrogen-bond donors (Lipinski definition) is 0. The Kier molecular flexibility index (Phi) is 4.37.